The molecule has 3 saturated heterocycles. The van der Waals surface area contributed by atoms with E-state index in [9.17, 15) is 55.5 Å². The number of hydrogen-bond donors (Lipinski definition) is 9. The maximum absolute atomic E-state index is 12.6. The van der Waals surface area contributed by atoms with Gasteiger partial charge in [0.2, 0.25) is 0 Å². The Morgan fingerprint density at radius 1 is 0.797 bits per heavy atom. The Morgan fingerprint density at radius 3 is 2.27 bits per heavy atom. The maximum Gasteiger partial charge on any atom is 0.331 e. The van der Waals surface area contributed by atoms with Crippen LogP contribution in [0.25, 0.3) is 0 Å². The largest absolute Gasteiger partial charge is 0.458 e. The van der Waals surface area contributed by atoms with Crippen LogP contribution in [0.3, 0.4) is 0 Å². The van der Waals surface area contributed by atoms with Crippen LogP contribution in [0.15, 0.2) is 11.6 Å². The van der Waals surface area contributed by atoms with E-state index in [1.54, 1.807) is 13.0 Å². The van der Waals surface area contributed by atoms with Gasteiger partial charge in [-0.3, -0.25) is 4.79 Å². The van der Waals surface area contributed by atoms with E-state index in [4.69, 9.17) is 37.9 Å². The number of ether oxygens (including phenoxy) is 8. The summed E-state index contributed by atoms with van der Waals surface area (Å²) in [5, 5.41) is 99.1. The number of carbonyl (C=O) groups is 2. The second-order valence-corrected chi connectivity index (χ2v) is 20.2. The average molecular weight is 915 g/mol. The third-order valence-electron chi connectivity index (χ3n) is 16.9. The van der Waals surface area contributed by atoms with E-state index in [0.29, 0.717) is 38.5 Å². The molecule has 22 atom stereocenters. The van der Waals surface area contributed by atoms with Crippen molar-refractivity contribution < 1.29 is 93.4 Å². The molecular weight excluding hydrogens is 844 g/mol. The van der Waals surface area contributed by atoms with Crippen LogP contribution in [-0.2, 0) is 47.5 Å². The van der Waals surface area contributed by atoms with Gasteiger partial charge in [0.15, 0.2) is 25.0 Å². The topological polar surface area (TPSA) is 290 Å². The van der Waals surface area contributed by atoms with Crippen molar-refractivity contribution in [1.82, 2.24) is 0 Å². The summed E-state index contributed by atoms with van der Waals surface area (Å²) in [4.78, 5) is 24.5. The zero-order valence-corrected chi connectivity index (χ0v) is 37.0. The maximum atomic E-state index is 12.6. The smallest absolute Gasteiger partial charge is 0.331 e. The zero-order valence-electron chi connectivity index (χ0n) is 37.0. The van der Waals surface area contributed by atoms with Gasteiger partial charge >= 0.3 is 11.9 Å². The van der Waals surface area contributed by atoms with Crippen LogP contribution in [0.5, 0.6) is 0 Å². The van der Waals surface area contributed by atoms with Gasteiger partial charge in [-0.25, -0.2) is 4.79 Å². The third kappa shape index (κ3) is 8.72. The van der Waals surface area contributed by atoms with E-state index >= 15 is 0 Å². The fourth-order valence-corrected chi connectivity index (χ4v) is 13.4. The van der Waals surface area contributed by atoms with Gasteiger partial charge in [-0.2, -0.15) is 0 Å². The highest BCUT2D eigenvalue weighted by Gasteiger charge is 2.68. The van der Waals surface area contributed by atoms with Crippen LogP contribution in [0.2, 0.25) is 0 Å². The Labute approximate surface area is 372 Å². The first-order valence-electron chi connectivity index (χ1n) is 23.4. The van der Waals surface area contributed by atoms with Crippen molar-refractivity contribution in [1.29, 1.82) is 0 Å². The minimum Gasteiger partial charge on any atom is -0.458 e. The summed E-state index contributed by atoms with van der Waals surface area (Å²) in [6.45, 7) is 4.29. The van der Waals surface area contributed by atoms with Gasteiger partial charge in [0.25, 0.3) is 0 Å². The molecule has 64 heavy (non-hydrogen) atoms. The SMILES string of the molecule is CC(=O)O[C@@H]1[C@@H](O)[C@@H](O[C@H]2CC[C@@]3(CO)C(CCC4C3CC[C@]3(C)[C@@H](C5=CC(=O)OC5)CC[C@]43O)C2)O[C@@H](C)[C@H]1O[C@@H]1O[C@H](CO[C@@H]2O[C@H](CO)CCC[C@H](O)[C@H]2O)[C@@H](O)[C@H](O)[C@H]1O. The summed E-state index contributed by atoms with van der Waals surface area (Å²) >= 11 is 0. The molecule has 8 aliphatic rings. The lowest BCUT2D eigenvalue weighted by molar-refractivity contribution is -0.364. The first-order valence-corrected chi connectivity index (χ1v) is 23.4. The lowest BCUT2D eigenvalue weighted by atomic mass is 9.43. The molecule has 0 bridgehead atoms. The number of aliphatic hydroxyl groups is 9. The molecule has 4 heterocycles. The Kier molecular flexibility index (Phi) is 14.6. The molecule has 0 aromatic heterocycles. The summed E-state index contributed by atoms with van der Waals surface area (Å²) in [5.41, 5.74) is -0.824. The highest BCUT2D eigenvalue weighted by atomic mass is 16.8. The van der Waals surface area contributed by atoms with Gasteiger partial charge in [0.1, 0.15) is 49.3 Å². The lowest BCUT2D eigenvalue weighted by Crippen LogP contribution is -2.65. The van der Waals surface area contributed by atoms with Crippen LogP contribution in [0.1, 0.15) is 97.8 Å². The van der Waals surface area contributed by atoms with Gasteiger partial charge < -0.3 is 83.9 Å². The second-order valence-electron chi connectivity index (χ2n) is 20.2. The molecule has 19 nitrogen and oxygen atoms in total. The van der Waals surface area contributed by atoms with E-state index in [2.05, 4.69) is 6.92 Å². The standard InChI is InChI=1S/C45H70O19/c1-21-38(64-41-36(54)35(53)34(52)31(63-41)19-58-40-33(51)30(49)6-4-5-26(17-46)62-40)39(60-22(2)48)37(55)42(59-21)61-25-9-13-44(20-47)24(16-25)7-8-29-28(44)10-12-43(3)27(11-14-45(29,43)56)23-15-32(50)57-18-23/h15,21,24-31,33-42,46-47,49,51-56H,4-14,16-20H2,1-3H3/t21-,24?,25-,26-,27+,28?,29?,30-,31+,33+,34+,35-,36+,37+,38+,39+,40+,41-,42+,43+,44+,45-/m0/s1. The first-order chi connectivity index (χ1) is 30.4. The molecule has 4 aliphatic carbocycles. The average Bonchev–Trinajstić information content (AvgIpc) is 3.82. The molecule has 364 valence electrons. The minimum atomic E-state index is -1.82. The zero-order chi connectivity index (χ0) is 45.9. The van der Waals surface area contributed by atoms with Crippen molar-refractivity contribution >= 4 is 11.9 Å². The van der Waals surface area contributed by atoms with Crippen LogP contribution in [-0.4, -0.2) is 182 Å². The summed E-state index contributed by atoms with van der Waals surface area (Å²) in [7, 11) is 0. The number of esters is 2. The number of cyclic esters (lactones) is 1. The molecule has 4 saturated carbocycles. The van der Waals surface area contributed by atoms with Crippen molar-refractivity contribution in [2.45, 2.75) is 196 Å². The Hall–Kier alpha value is -1.92. The predicted molar refractivity (Wildman–Crippen MR) is 217 cm³/mol. The third-order valence-corrected chi connectivity index (χ3v) is 16.9. The molecule has 9 N–H and O–H groups in total. The number of fused-ring (bicyclic) bond motifs is 5. The summed E-state index contributed by atoms with van der Waals surface area (Å²) < 4.78 is 47.0. The predicted octanol–water partition coefficient (Wildman–Crippen LogP) is -0.543. The summed E-state index contributed by atoms with van der Waals surface area (Å²) in [5.74, 6) is -0.877. The molecule has 3 unspecified atom stereocenters. The molecule has 4 aliphatic heterocycles. The number of carbonyl (C=O) groups excluding carboxylic acids is 2. The summed E-state index contributed by atoms with van der Waals surface area (Å²) in [6.07, 6.45) is -11.1. The molecule has 0 aromatic carbocycles. The van der Waals surface area contributed by atoms with E-state index < -0.39 is 121 Å². The molecule has 7 fully saturated rings. The van der Waals surface area contributed by atoms with E-state index in [1.165, 1.54) is 0 Å². The lowest BCUT2D eigenvalue weighted by Gasteiger charge is -2.64. The van der Waals surface area contributed by atoms with Crippen molar-refractivity contribution in [3.05, 3.63) is 11.6 Å². The fraction of sp³-hybridized carbons (Fsp3) is 0.911. The highest BCUT2D eigenvalue weighted by Crippen LogP contribution is 2.70. The van der Waals surface area contributed by atoms with E-state index in [0.717, 1.165) is 44.6 Å². The van der Waals surface area contributed by atoms with Crippen LogP contribution >= 0.6 is 0 Å². The Morgan fingerprint density at radius 2 is 1.56 bits per heavy atom. The quantitative estimate of drug-likeness (QED) is 0.0929. The molecule has 0 aromatic rings. The van der Waals surface area contributed by atoms with Crippen molar-refractivity contribution in [2.75, 3.05) is 26.4 Å². The van der Waals surface area contributed by atoms with E-state index in [1.807, 2.05) is 0 Å². The van der Waals surface area contributed by atoms with Gasteiger partial charge in [-0.05, 0) is 119 Å². The van der Waals surface area contributed by atoms with Crippen molar-refractivity contribution in [2.24, 2.45) is 34.5 Å². The summed E-state index contributed by atoms with van der Waals surface area (Å²) in [6, 6.07) is 0. The van der Waals surface area contributed by atoms with Gasteiger partial charge in [0, 0.05) is 25.0 Å². The number of hydrogen-bond acceptors (Lipinski definition) is 19. The van der Waals surface area contributed by atoms with Gasteiger partial charge in [-0.1, -0.05) is 6.92 Å². The number of aliphatic hydroxyl groups excluding tert-OH is 8. The van der Waals surface area contributed by atoms with Gasteiger partial charge in [0.05, 0.1) is 43.2 Å². The molecular formula is C45H70O19. The van der Waals surface area contributed by atoms with Crippen molar-refractivity contribution in [3.63, 3.8) is 0 Å². The monoisotopic (exact) mass is 914 g/mol. The molecule has 0 amide bonds. The molecule has 0 spiro atoms. The first kappa shape index (κ1) is 48.5. The highest BCUT2D eigenvalue weighted by molar-refractivity contribution is 5.85. The second kappa shape index (κ2) is 19.2. The van der Waals surface area contributed by atoms with Crippen molar-refractivity contribution in [3.8, 4) is 0 Å². The number of rotatable bonds is 11. The fourth-order valence-electron chi connectivity index (χ4n) is 13.4. The molecule has 0 radical (unpaired) electrons. The van der Waals surface area contributed by atoms with Crippen LogP contribution < -0.4 is 0 Å². The molecule has 19 heteroatoms. The minimum absolute atomic E-state index is 0.0120. The Bertz CT molecular complexity index is 1680. The normalized spacial score (nSPS) is 50.8. The Balaban J connectivity index is 0.911. The van der Waals surface area contributed by atoms with E-state index in [-0.39, 0.29) is 55.9 Å². The van der Waals surface area contributed by atoms with Gasteiger partial charge in [-0.15, -0.1) is 0 Å². The van der Waals surface area contributed by atoms with Crippen LogP contribution in [0, 0.1) is 34.5 Å². The molecule has 8 rings (SSSR count). The van der Waals surface area contributed by atoms with Crippen LogP contribution in [0.4, 0.5) is 0 Å².